The summed E-state index contributed by atoms with van der Waals surface area (Å²) in [6, 6.07) is 12.3. The van der Waals surface area contributed by atoms with Gasteiger partial charge in [-0.05, 0) is 86.4 Å². The number of ether oxygens (including phenoxy) is 1. The molecule has 1 aromatic carbocycles. The molecule has 2 aromatic rings. The zero-order valence-electron chi connectivity index (χ0n) is 19.1. The fourth-order valence-electron chi connectivity index (χ4n) is 4.03. The summed E-state index contributed by atoms with van der Waals surface area (Å²) in [5, 5.41) is 5.90. The highest BCUT2D eigenvalue weighted by atomic mass is 79.9. The van der Waals surface area contributed by atoms with Crippen molar-refractivity contribution >= 4 is 44.3 Å². The average Bonchev–Trinajstić information content (AvgIpc) is 3.18. The lowest BCUT2D eigenvalue weighted by Crippen LogP contribution is -2.40. The van der Waals surface area contributed by atoms with Gasteiger partial charge in [0, 0.05) is 28.9 Å². The molecule has 2 amide bonds. The van der Waals surface area contributed by atoms with E-state index in [1.807, 2.05) is 55.3 Å². The molecule has 0 radical (unpaired) electrons. The standard InChI is InChI=1S/C25H33BrN2O3S/c1-25(2,3)31-24(30)27-16-19-9-11-20(12-10-19)23(29)28(22-15-21(26)17-32-22)14-13-18-7-5-4-6-8-18/h4-8,15,17,19-20H,9-14,16H2,1-3H3,(H,27,30). The highest BCUT2D eigenvalue weighted by molar-refractivity contribution is 9.10. The van der Waals surface area contributed by atoms with E-state index >= 15 is 0 Å². The van der Waals surface area contributed by atoms with Crippen LogP contribution in [0.15, 0.2) is 46.3 Å². The lowest BCUT2D eigenvalue weighted by molar-refractivity contribution is -0.123. The van der Waals surface area contributed by atoms with E-state index in [0.29, 0.717) is 19.0 Å². The van der Waals surface area contributed by atoms with Crippen LogP contribution in [-0.4, -0.2) is 30.7 Å². The number of hydrogen-bond acceptors (Lipinski definition) is 4. The van der Waals surface area contributed by atoms with E-state index in [4.69, 9.17) is 4.74 Å². The van der Waals surface area contributed by atoms with Gasteiger partial charge in [-0.25, -0.2) is 4.79 Å². The van der Waals surface area contributed by atoms with E-state index in [-0.39, 0.29) is 17.9 Å². The van der Waals surface area contributed by atoms with Crippen molar-refractivity contribution in [1.29, 1.82) is 0 Å². The molecule has 0 aliphatic heterocycles. The van der Waals surface area contributed by atoms with Crippen molar-refractivity contribution in [2.24, 2.45) is 11.8 Å². The summed E-state index contributed by atoms with van der Waals surface area (Å²) in [4.78, 5) is 27.4. The van der Waals surface area contributed by atoms with Crippen LogP contribution in [0.25, 0.3) is 0 Å². The van der Waals surface area contributed by atoms with Gasteiger partial charge in [0.05, 0.1) is 5.00 Å². The first kappa shape index (κ1) is 24.8. The van der Waals surface area contributed by atoms with Crippen molar-refractivity contribution < 1.29 is 14.3 Å². The SMILES string of the molecule is CC(C)(C)OC(=O)NCC1CCC(C(=O)N(CCc2ccccc2)c2cc(Br)cs2)CC1. The number of hydrogen-bond donors (Lipinski definition) is 1. The minimum Gasteiger partial charge on any atom is -0.444 e. The van der Waals surface area contributed by atoms with E-state index in [1.54, 1.807) is 11.3 Å². The van der Waals surface area contributed by atoms with Crippen molar-refractivity contribution in [2.45, 2.75) is 58.5 Å². The van der Waals surface area contributed by atoms with Crippen LogP contribution in [0.1, 0.15) is 52.0 Å². The number of benzene rings is 1. The molecule has 0 unspecified atom stereocenters. The summed E-state index contributed by atoms with van der Waals surface area (Å²) in [5.41, 5.74) is 0.742. The monoisotopic (exact) mass is 520 g/mol. The molecule has 0 spiro atoms. The van der Waals surface area contributed by atoms with Crippen LogP contribution in [0.2, 0.25) is 0 Å². The summed E-state index contributed by atoms with van der Waals surface area (Å²) < 4.78 is 6.33. The molecule has 1 aliphatic rings. The van der Waals surface area contributed by atoms with Crippen molar-refractivity contribution in [2.75, 3.05) is 18.0 Å². The first-order valence-corrected chi connectivity index (χ1v) is 12.9. The van der Waals surface area contributed by atoms with Gasteiger partial charge in [-0.1, -0.05) is 30.3 Å². The number of nitrogens with zero attached hydrogens (tertiary/aromatic N) is 1. The van der Waals surface area contributed by atoms with Crippen LogP contribution in [0, 0.1) is 11.8 Å². The number of carbonyl (C=O) groups excluding carboxylic acids is 2. The molecule has 0 saturated heterocycles. The Morgan fingerprint density at radius 2 is 1.84 bits per heavy atom. The number of amides is 2. The maximum absolute atomic E-state index is 13.5. The molecule has 3 rings (SSSR count). The molecule has 0 bridgehead atoms. The average molecular weight is 522 g/mol. The van der Waals surface area contributed by atoms with E-state index < -0.39 is 5.60 Å². The summed E-state index contributed by atoms with van der Waals surface area (Å²) in [6.07, 6.45) is 4.05. The second-order valence-corrected chi connectivity index (χ2v) is 11.2. The number of halogens is 1. The van der Waals surface area contributed by atoms with Crippen LogP contribution in [0.4, 0.5) is 9.80 Å². The molecule has 5 nitrogen and oxygen atoms in total. The Morgan fingerprint density at radius 3 is 2.44 bits per heavy atom. The van der Waals surface area contributed by atoms with E-state index in [9.17, 15) is 9.59 Å². The highest BCUT2D eigenvalue weighted by Gasteiger charge is 2.31. The molecule has 1 fully saturated rings. The Hall–Kier alpha value is -1.86. The van der Waals surface area contributed by atoms with Crippen LogP contribution < -0.4 is 10.2 Å². The Morgan fingerprint density at radius 1 is 1.16 bits per heavy atom. The Labute approximate surface area is 203 Å². The number of alkyl carbamates (subject to hydrolysis) is 1. The fourth-order valence-corrected chi connectivity index (χ4v) is 5.49. The first-order chi connectivity index (χ1) is 15.2. The molecule has 1 heterocycles. The van der Waals surface area contributed by atoms with Gasteiger partial charge in [-0.3, -0.25) is 4.79 Å². The number of carbonyl (C=O) groups is 2. The highest BCUT2D eigenvalue weighted by Crippen LogP contribution is 2.34. The third-order valence-electron chi connectivity index (χ3n) is 5.68. The van der Waals surface area contributed by atoms with Crippen molar-refractivity contribution in [3.05, 3.63) is 51.8 Å². The van der Waals surface area contributed by atoms with Crippen molar-refractivity contribution in [3.8, 4) is 0 Å². The topological polar surface area (TPSA) is 58.6 Å². The van der Waals surface area contributed by atoms with Gasteiger partial charge in [0.15, 0.2) is 0 Å². The normalized spacial score (nSPS) is 18.8. The molecule has 32 heavy (non-hydrogen) atoms. The third kappa shape index (κ3) is 7.62. The molecule has 1 N–H and O–H groups in total. The molecule has 0 atom stereocenters. The largest absolute Gasteiger partial charge is 0.444 e. The van der Waals surface area contributed by atoms with Crippen LogP contribution in [0.3, 0.4) is 0 Å². The number of nitrogens with one attached hydrogen (secondary N) is 1. The van der Waals surface area contributed by atoms with E-state index in [0.717, 1.165) is 41.6 Å². The molecule has 1 aliphatic carbocycles. The minimum absolute atomic E-state index is 0.0319. The lowest BCUT2D eigenvalue weighted by Gasteiger charge is -2.32. The Kier molecular flexibility index (Phi) is 8.77. The molecule has 1 saturated carbocycles. The minimum atomic E-state index is -0.492. The summed E-state index contributed by atoms with van der Waals surface area (Å²) in [7, 11) is 0. The summed E-state index contributed by atoms with van der Waals surface area (Å²) in [5.74, 6) is 0.637. The van der Waals surface area contributed by atoms with E-state index in [2.05, 4.69) is 33.4 Å². The smallest absolute Gasteiger partial charge is 0.407 e. The van der Waals surface area contributed by atoms with Gasteiger partial charge >= 0.3 is 6.09 Å². The van der Waals surface area contributed by atoms with E-state index in [1.165, 1.54) is 5.56 Å². The number of anilines is 1. The van der Waals surface area contributed by atoms with Gasteiger partial charge in [-0.2, -0.15) is 0 Å². The molecular formula is C25H33BrN2O3S. The Bertz CT molecular complexity index is 886. The second-order valence-electron chi connectivity index (χ2n) is 9.43. The maximum Gasteiger partial charge on any atom is 0.407 e. The van der Waals surface area contributed by atoms with Gasteiger partial charge in [0.1, 0.15) is 5.60 Å². The summed E-state index contributed by atoms with van der Waals surface area (Å²) >= 11 is 5.12. The second kappa shape index (κ2) is 11.3. The fraction of sp³-hybridized carbons (Fsp3) is 0.520. The first-order valence-electron chi connectivity index (χ1n) is 11.3. The number of rotatable bonds is 7. The van der Waals surface area contributed by atoms with Gasteiger partial charge < -0.3 is 15.0 Å². The van der Waals surface area contributed by atoms with Gasteiger partial charge in [-0.15, -0.1) is 11.3 Å². The Balaban J connectivity index is 1.54. The molecule has 7 heteroatoms. The zero-order chi connectivity index (χ0) is 23.1. The van der Waals surface area contributed by atoms with Crippen molar-refractivity contribution in [3.63, 3.8) is 0 Å². The van der Waals surface area contributed by atoms with Crippen LogP contribution in [0.5, 0.6) is 0 Å². The molecule has 174 valence electrons. The zero-order valence-corrected chi connectivity index (χ0v) is 21.5. The predicted octanol–water partition coefficient (Wildman–Crippen LogP) is 6.42. The predicted molar refractivity (Wildman–Crippen MR) is 134 cm³/mol. The quantitative estimate of drug-likeness (QED) is 0.458. The van der Waals surface area contributed by atoms with Gasteiger partial charge in [0.25, 0.3) is 0 Å². The van der Waals surface area contributed by atoms with Crippen LogP contribution in [-0.2, 0) is 16.0 Å². The van der Waals surface area contributed by atoms with Crippen molar-refractivity contribution in [1.82, 2.24) is 5.32 Å². The molecule has 1 aromatic heterocycles. The lowest BCUT2D eigenvalue weighted by atomic mass is 9.81. The summed E-state index contributed by atoms with van der Waals surface area (Å²) in [6.45, 7) is 6.86. The molecular weight excluding hydrogens is 488 g/mol. The maximum atomic E-state index is 13.5. The van der Waals surface area contributed by atoms with Crippen LogP contribution >= 0.6 is 27.3 Å². The number of thiophene rings is 1. The third-order valence-corrected chi connectivity index (χ3v) is 7.39. The van der Waals surface area contributed by atoms with Gasteiger partial charge in [0.2, 0.25) is 5.91 Å².